The molecule has 0 aliphatic heterocycles. The van der Waals surface area contributed by atoms with Crippen molar-refractivity contribution in [1.29, 1.82) is 0 Å². The van der Waals surface area contributed by atoms with E-state index in [0.717, 1.165) is 24.3 Å². The highest BCUT2D eigenvalue weighted by Gasteiger charge is 2.24. The summed E-state index contributed by atoms with van der Waals surface area (Å²) in [6, 6.07) is 9.54. The maximum Gasteiger partial charge on any atom is 0.249 e. The fraction of sp³-hybridized carbons (Fsp3) is 0.600. The molecule has 1 atom stereocenters. The van der Waals surface area contributed by atoms with E-state index in [-0.39, 0.29) is 43.0 Å². The van der Waals surface area contributed by atoms with Crippen LogP contribution in [0.1, 0.15) is 110 Å². The molecule has 0 aromatic heterocycles. The number of aliphatic hydroxyl groups is 2. The molecule has 12 nitrogen and oxygen atoms in total. The van der Waals surface area contributed by atoms with Crippen LogP contribution in [0.2, 0.25) is 0 Å². The Labute approximate surface area is 309 Å². The largest absolute Gasteiger partial charge is 0.489 e. The average Bonchev–Trinajstić information content (AvgIpc) is 3.13. The molecule has 0 spiro atoms. The van der Waals surface area contributed by atoms with Gasteiger partial charge in [0.05, 0.1) is 35.4 Å². The molecular weight excluding hydrogens is 660 g/mol. The van der Waals surface area contributed by atoms with Gasteiger partial charge in [-0.05, 0) is 49.6 Å². The van der Waals surface area contributed by atoms with Crippen LogP contribution in [0.3, 0.4) is 0 Å². The van der Waals surface area contributed by atoms with Crippen LogP contribution in [-0.4, -0.2) is 54.7 Å². The first-order valence-electron chi connectivity index (χ1n) is 19.2. The molecule has 0 amide bonds. The molecule has 0 radical (unpaired) electrons. The number of azo groups is 2. The molecule has 12 heteroatoms. The second kappa shape index (κ2) is 24.2. The second-order valence-corrected chi connectivity index (χ2v) is 13.4. The summed E-state index contributed by atoms with van der Waals surface area (Å²) >= 11 is 0. The van der Waals surface area contributed by atoms with E-state index in [0.29, 0.717) is 35.0 Å². The van der Waals surface area contributed by atoms with Gasteiger partial charge < -0.3 is 24.6 Å². The molecule has 52 heavy (non-hydrogen) atoms. The van der Waals surface area contributed by atoms with Crippen molar-refractivity contribution in [2.45, 2.75) is 111 Å². The lowest BCUT2D eigenvalue weighted by atomic mass is 9.97. The number of aliphatic hydroxyl groups excluding tert-OH is 2. The van der Waals surface area contributed by atoms with Crippen LogP contribution in [-0.2, 0) is 0 Å². The summed E-state index contributed by atoms with van der Waals surface area (Å²) in [6.45, 7) is 10.0. The van der Waals surface area contributed by atoms with Crippen molar-refractivity contribution in [3.63, 3.8) is 0 Å². The first-order chi connectivity index (χ1) is 25.3. The normalized spacial score (nSPS) is 14.5. The van der Waals surface area contributed by atoms with Gasteiger partial charge in [-0.1, -0.05) is 85.0 Å². The molecular formula is C40H60N6O6. The Bertz CT molecular complexity index is 1490. The zero-order valence-electron chi connectivity index (χ0n) is 31.8. The molecule has 0 bridgehead atoms. The smallest absolute Gasteiger partial charge is 0.249 e. The average molecular weight is 721 g/mol. The molecule has 3 rings (SSSR count). The Kier molecular flexibility index (Phi) is 19.6. The van der Waals surface area contributed by atoms with E-state index in [9.17, 15) is 20.3 Å². The number of hydrogen-bond acceptors (Lipinski definition) is 11. The first-order valence-corrected chi connectivity index (χ1v) is 19.2. The molecule has 2 aromatic rings. The summed E-state index contributed by atoms with van der Waals surface area (Å²) in [5, 5.41) is 48.0. The molecule has 0 saturated carbocycles. The minimum Gasteiger partial charge on any atom is -0.489 e. The van der Waals surface area contributed by atoms with Gasteiger partial charge in [-0.3, -0.25) is 10.1 Å². The number of hydrogen-bond donors (Lipinski definition) is 2. The number of aryl methyl sites for hydroxylation is 1. The lowest BCUT2D eigenvalue weighted by Gasteiger charge is -2.26. The topological polar surface area (TPSA) is 155 Å². The quantitative estimate of drug-likeness (QED) is 0.0424. The van der Waals surface area contributed by atoms with Crippen LogP contribution in [0.25, 0.3) is 0 Å². The molecule has 0 fully saturated rings. The Morgan fingerprint density at radius 2 is 1.27 bits per heavy atom. The van der Waals surface area contributed by atoms with Gasteiger partial charge in [0, 0.05) is 43.4 Å². The molecule has 0 heterocycles. The van der Waals surface area contributed by atoms with E-state index in [4.69, 9.17) is 9.47 Å². The molecule has 1 unspecified atom stereocenters. The van der Waals surface area contributed by atoms with E-state index in [1.54, 1.807) is 25.1 Å². The first kappa shape index (κ1) is 42.3. The zero-order chi connectivity index (χ0) is 37.6. The fourth-order valence-electron chi connectivity index (χ4n) is 6.09. The molecule has 0 saturated heterocycles. The van der Waals surface area contributed by atoms with Crippen molar-refractivity contribution >= 4 is 22.7 Å². The maximum absolute atomic E-state index is 11.3. The number of anilines is 1. The number of ether oxygens (including phenoxy) is 2. The number of benzene rings is 2. The number of nitro groups is 1. The van der Waals surface area contributed by atoms with Crippen molar-refractivity contribution in [3.8, 4) is 11.5 Å². The second-order valence-electron chi connectivity index (χ2n) is 13.4. The van der Waals surface area contributed by atoms with Gasteiger partial charge in [-0.25, -0.2) is 0 Å². The number of unbranched alkanes of at least 4 members (excludes halogenated alkanes) is 10. The van der Waals surface area contributed by atoms with Crippen LogP contribution < -0.4 is 14.4 Å². The van der Waals surface area contributed by atoms with Crippen molar-refractivity contribution in [2.75, 3.05) is 44.4 Å². The predicted octanol–water partition coefficient (Wildman–Crippen LogP) is 10.8. The molecule has 1 aliphatic rings. The van der Waals surface area contributed by atoms with Crippen molar-refractivity contribution in [3.05, 3.63) is 69.6 Å². The van der Waals surface area contributed by atoms with Crippen LogP contribution in [0.15, 0.2) is 74.3 Å². The SMILES string of the molecule is CCCCCCCCN(CCCCCCCC)c1ccc(/N=N/c2cc(OCCO)c(/N=N/C3=CC=C([N+](=O)[O-])C(C)C3)cc2OCCO)c(C)c1. The number of allylic oxidation sites excluding steroid dienone is 4. The zero-order valence-corrected chi connectivity index (χ0v) is 31.8. The fourth-order valence-corrected chi connectivity index (χ4v) is 6.09. The van der Waals surface area contributed by atoms with Crippen molar-refractivity contribution in [1.82, 2.24) is 0 Å². The van der Waals surface area contributed by atoms with Crippen LogP contribution in [0.4, 0.5) is 22.7 Å². The highest BCUT2D eigenvalue weighted by atomic mass is 16.6. The van der Waals surface area contributed by atoms with Gasteiger partial charge >= 0.3 is 0 Å². The van der Waals surface area contributed by atoms with Crippen LogP contribution >= 0.6 is 0 Å². The number of nitrogens with zero attached hydrogens (tertiary/aromatic N) is 6. The van der Waals surface area contributed by atoms with Crippen LogP contribution in [0, 0.1) is 23.0 Å². The predicted molar refractivity (Wildman–Crippen MR) is 207 cm³/mol. The highest BCUT2D eigenvalue weighted by molar-refractivity contribution is 5.67. The highest BCUT2D eigenvalue weighted by Crippen LogP contribution is 2.42. The van der Waals surface area contributed by atoms with Gasteiger partial charge in [-0.2, -0.15) is 10.2 Å². The van der Waals surface area contributed by atoms with E-state index in [1.807, 2.05) is 13.0 Å². The van der Waals surface area contributed by atoms with E-state index < -0.39 is 0 Å². The number of rotatable bonds is 26. The lowest BCUT2D eigenvalue weighted by molar-refractivity contribution is -0.433. The third-order valence-electron chi connectivity index (χ3n) is 9.08. The van der Waals surface area contributed by atoms with Gasteiger partial charge in [0.1, 0.15) is 36.1 Å². The standard InChI is InChI=1S/C40H60N6O6/c1-5-7-9-11-13-15-21-45(22-16-14-12-10-8-6-2)34-18-19-35(31(3)28-34)42-44-37-30-39(51-25-23-47)36(29-40(37)52-26-24-48)43-41-33-17-20-38(46(49)50)32(4)27-33/h17-20,28-30,32,47-48H,5-16,21-27H2,1-4H3/b43-41+,44-42+. The molecule has 2 N–H and O–H groups in total. The summed E-state index contributed by atoms with van der Waals surface area (Å²) in [6.07, 6.45) is 18.6. The van der Waals surface area contributed by atoms with E-state index in [1.165, 1.54) is 88.8 Å². The van der Waals surface area contributed by atoms with Gasteiger partial charge in [0.15, 0.2) is 0 Å². The minimum atomic E-state index is -0.382. The lowest BCUT2D eigenvalue weighted by Crippen LogP contribution is -2.25. The molecule has 1 aliphatic carbocycles. The van der Waals surface area contributed by atoms with Crippen LogP contribution in [0.5, 0.6) is 11.5 Å². The molecule has 286 valence electrons. The summed E-state index contributed by atoms with van der Waals surface area (Å²) < 4.78 is 11.6. The Morgan fingerprint density at radius 3 is 1.77 bits per heavy atom. The van der Waals surface area contributed by atoms with Gasteiger partial charge in [0.2, 0.25) is 5.70 Å². The van der Waals surface area contributed by atoms with Gasteiger partial charge in [-0.15, -0.1) is 10.2 Å². The third-order valence-corrected chi connectivity index (χ3v) is 9.08. The Hall–Kier alpha value is -4.16. The van der Waals surface area contributed by atoms with Gasteiger partial charge in [0.25, 0.3) is 0 Å². The summed E-state index contributed by atoms with van der Waals surface area (Å²) in [4.78, 5) is 13.4. The maximum atomic E-state index is 11.3. The molecule has 2 aromatic carbocycles. The van der Waals surface area contributed by atoms with Crippen molar-refractivity contribution < 1.29 is 24.6 Å². The monoisotopic (exact) mass is 720 g/mol. The summed E-state index contributed by atoms with van der Waals surface area (Å²) in [5.74, 6) is 0.315. The Balaban J connectivity index is 1.84. The third kappa shape index (κ3) is 14.5. The Morgan fingerprint density at radius 1 is 0.750 bits per heavy atom. The summed E-state index contributed by atoms with van der Waals surface area (Å²) in [5.41, 5.74) is 4.30. The minimum absolute atomic E-state index is 0.0131. The van der Waals surface area contributed by atoms with E-state index >= 15 is 0 Å². The van der Waals surface area contributed by atoms with Crippen molar-refractivity contribution in [2.24, 2.45) is 26.4 Å². The summed E-state index contributed by atoms with van der Waals surface area (Å²) in [7, 11) is 0. The van der Waals surface area contributed by atoms with E-state index in [2.05, 4.69) is 51.3 Å².